The number of fused-ring (bicyclic) bond motifs is 2. The molecule has 3 heterocycles. The van der Waals surface area contributed by atoms with E-state index in [0.717, 1.165) is 25.9 Å². The third kappa shape index (κ3) is 3.71. The number of carbonyl (C=O) groups is 2. The molecule has 1 saturated heterocycles. The topological polar surface area (TPSA) is 58.6 Å². The fourth-order valence-electron chi connectivity index (χ4n) is 4.10. The standard InChI is InChI=1S/C22H26N2O3S/c1-2-20(25)23-15-21(26)24-11-9-22(10-12-24)17-14-19(16-6-4-3-5-7-16)28-18(17)8-13-27-22/h3-7,14H,2,8-13,15H2,1H3,(H,23,25). The summed E-state index contributed by atoms with van der Waals surface area (Å²) in [6, 6.07) is 12.8. The number of carbonyl (C=O) groups excluding carboxylic acids is 2. The summed E-state index contributed by atoms with van der Waals surface area (Å²) in [6.45, 7) is 3.94. The van der Waals surface area contributed by atoms with E-state index >= 15 is 0 Å². The molecule has 0 atom stereocenters. The van der Waals surface area contributed by atoms with Gasteiger partial charge in [-0.25, -0.2) is 0 Å². The lowest BCUT2D eigenvalue weighted by atomic mass is 9.82. The van der Waals surface area contributed by atoms with Crippen LogP contribution in [0.15, 0.2) is 36.4 Å². The number of piperidine rings is 1. The number of rotatable bonds is 4. The number of benzene rings is 1. The van der Waals surface area contributed by atoms with E-state index in [0.29, 0.717) is 19.5 Å². The molecule has 148 valence electrons. The first kappa shape index (κ1) is 19.2. The van der Waals surface area contributed by atoms with E-state index in [4.69, 9.17) is 4.74 Å². The molecule has 5 nitrogen and oxygen atoms in total. The largest absolute Gasteiger partial charge is 0.370 e. The first-order valence-electron chi connectivity index (χ1n) is 9.98. The fourth-order valence-corrected chi connectivity index (χ4v) is 5.34. The predicted octanol–water partition coefficient (Wildman–Crippen LogP) is 3.33. The molecule has 1 aromatic heterocycles. The lowest BCUT2D eigenvalue weighted by Gasteiger charge is -2.44. The summed E-state index contributed by atoms with van der Waals surface area (Å²) in [5.41, 5.74) is 2.28. The zero-order chi connectivity index (χ0) is 19.6. The molecule has 2 aliphatic rings. The van der Waals surface area contributed by atoms with Crippen LogP contribution in [0.1, 0.15) is 36.6 Å². The monoisotopic (exact) mass is 398 g/mol. The van der Waals surface area contributed by atoms with E-state index < -0.39 is 0 Å². The molecule has 0 aliphatic carbocycles. The lowest BCUT2D eigenvalue weighted by Crippen LogP contribution is -2.50. The number of nitrogens with one attached hydrogen (secondary N) is 1. The molecule has 0 saturated carbocycles. The Labute approximate surface area is 169 Å². The Kier molecular flexibility index (Phi) is 5.51. The number of nitrogens with zero attached hydrogens (tertiary/aromatic N) is 1. The summed E-state index contributed by atoms with van der Waals surface area (Å²) in [6.07, 6.45) is 2.96. The van der Waals surface area contributed by atoms with Gasteiger partial charge in [0, 0.05) is 35.7 Å². The van der Waals surface area contributed by atoms with Gasteiger partial charge in [0.25, 0.3) is 0 Å². The maximum absolute atomic E-state index is 12.4. The Bertz CT molecular complexity index is 854. The van der Waals surface area contributed by atoms with Crippen LogP contribution in [0.2, 0.25) is 0 Å². The normalized spacial score (nSPS) is 18.0. The van der Waals surface area contributed by atoms with E-state index in [1.165, 1.54) is 20.9 Å². The molecule has 1 spiro atoms. The summed E-state index contributed by atoms with van der Waals surface area (Å²) in [5, 5.41) is 2.68. The minimum Gasteiger partial charge on any atom is -0.370 e. The van der Waals surface area contributed by atoms with Gasteiger partial charge in [-0.2, -0.15) is 0 Å². The van der Waals surface area contributed by atoms with Gasteiger partial charge in [0.15, 0.2) is 0 Å². The maximum Gasteiger partial charge on any atom is 0.241 e. The number of likely N-dealkylation sites (tertiary alicyclic amines) is 1. The van der Waals surface area contributed by atoms with Gasteiger partial charge in [-0.3, -0.25) is 9.59 Å². The van der Waals surface area contributed by atoms with Gasteiger partial charge < -0.3 is 15.0 Å². The van der Waals surface area contributed by atoms with Crippen molar-refractivity contribution in [2.24, 2.45) is 0 Å². The second-order valence-corrected chi connectivity index (χ2v) is 8.55. The molecule has 0 radical (unpaired) electrons. The van der Waals surface area contributed by atoms with Crippen molar-refractivity contribution in [1.82, 2.24) is 10.2 Å². The quantitative estimate of drug-likeness (QED) is 0.859. The SMILES string of the molecule is CCC(=O)NCC(=O)N1CCC2(CC1)OCCc1sc(-c3ccccc3)cc12. The highest BCUT2D eigenvalue weighted by atomic mass is 32.1. The van der Waals surface area contributed by atoms with Crippen molar-refractivity contribution in [1.29, 1.82) is 0 Å². The average molecular weight is 399 g/mol. The van der Waals surface area contributed by atoms with Crippen LogP contribution >= 0.6 is 11.3 Å². The Morgan fingerprint density at radius 3 is 2.68 bits per heavy atom. The summed E-state index contributed by atoms with van der Waals surface area (Å²) < 4.78 is 6.32. The van der Waals surface area contributed by atoms with Gasteiger partial charge in [-0.15, -0.1) is 11.3 Å². The van der Waals surface area contributed by atoms with Crippen LogP contribution in [0.3, 0.4) is 0 Å². The fraction of sp³-hybridized carbons (Fsp3) is 0.455. The van der Waals surface area contributed by atoms with E-state index in [1.807, 2.05) is 22.3 Å². The Hall–Kier alpha value is -2.18. The molecule has 4 rings (SSSR count). The minimum atomic E-state index is -0.277. The average Bonchev–Trinajstić information content (AvgIpc) is 3.19. The second-order valence-electron chi connectivity index (χ2n) is 7.42. The van der Waals surface area contributed by atoms with Crippen molar-refractivity contribution in [2.45, 2.75) is 38.2 Å². The third-order valence-corrected chi connectivity index (χ3v) is 6.99. The zero-order valence-corrected chi connectivity index (χ0v) is 17.0. The van der Waals surface area contributed by atoms with Crippen LogP contribution in [0.25, 0.3) is 10.4 Å². The van der Waals surface area contributed by atoms with E-state index in [9.17, 15) is 9.59 Å². The van der Waals surface area contributed by atoms with Crippen LogP contribution < -0.4 is 5.32 Å². The molecular formula is C22H26N2O3S. The Morgan fingerprint density at radius 2 is 1.96 bits per heavy atom. The van der Waals surface area contributed by atoms with E-state index in [-0.39, 0.29) is 24.0 Å². The van der Waals surface area contributed by atoms with Crippen molar-refractivity contribution in [3.05, 3.63) is 46.8 Å². The third-order valence-electron chi connectivity index (χ3n) is 5.75. The number of hydrogen-bond acceptors (Lipinski definition) is 4. The molecule has 1 aromatic carbocycles. The van der Waals surface area contributed by atoms with Crippen molar-refractivity contribution in [3.63, 3.8) is 0 Å². The summed E-state index contributed by atoms with van der Waals surface area (Å²) >= 11 is 1.87. The molecule has 2 aromatic rings. The van der Waals surface area contributed by atoms with Crippen LogP contribution in [-0.2, 0) is 26.3 Å². The Balaban J connectivity index is 1.47. The van der Waals surface area contributed by atoms with Crippen molar-refractivity contribution < 1.29 is 14.3 Å². The second kappa shape index (κ2) is 8.05. The van der Waals surface area contributed by atoms with Crippen LogP contribution in [0.5, 0.6) is 0 Å². The van der Waals surface area contributed by atoms with Crippen molar-refractivity contribution in [2.75, 3.05) is 26.2 Å². The smallest absolute Gasteiger partial charge is 0.241 e. The highest BCUT2D eigenvalue weighted by molar-refractivity contribution is 7.15. The lowest BCUT2D eigenvalue weighted by molar-refractivity contribution is -0.141. The first-order chi connectivity index (χ1) is 13.6. The highest BCUT2D eigenvalue weighted by Crippen LogP contribution is 2.46. The summed E-state index contributed by atoms with van der Waals surface area (Å²) in [5.74, 6) is -0.100. The van der Waals surface area contributed by atoms with Gasteiger partial charge in [0.1, 0.15) is 0 Å². The number of ether oxygens (including phenoxy) is 1. The van der Waals surface area contributed by atoms with E-state index in [1.54, 1.807) is 6.92 Å². The molecule has 2 amide bonds. The molecule has 28 heavy (non-hydrogen) atoms. The number of thiophene rings is 1. The van der Waals surface area contributed by atoms with Crippen LogP contribution in [0.4, 0.5) is 0 Å². The van der Waals surface area contributed by atoms with E-state index in [2.05, 4.69) is 35.6 Å². The molecule has 0 unspecified atom stereocenters. The van der Waals surface area contributed by atoms with Gasteiger partial charge in [-0.05, 0) is 30.0 Å². The summed E-state index contributed by atoms with van der Waals surface area (Å²) in [7, 11) is 0. The predicted molar refractivity (Wildman–Crippen MR) is 110 cm³/mol. The highest BCUT2D eigenvalue weighted by Gasteiger charge is 2.42. The molecular weight excluding hydrogens is 372 g/mol. The molecule has 0 bridgehead atoms. The van der Waals surface area contributed by atoms with Crippen molar-refractivity contribution in [3.8, 4) is 10.4 Å². The zero-order valence-electron chi connectivity index (χ0n) is 16.2. The summed E-state index contributed by atoms with van der Waals surface area (Å²) in [4.78, 5) is 28.3. The van der Waals surface area contributed by atoms with Gasteiger partial charge >= 0.3 is 0 Å². The minimum absolute atomic E-state index is 0.0111. The van der Waals surface area contributed by atoms with Gasteiger partial charge in [-0.1, -0.05) is 37.3 Å². The Morgan fingerprint density at radius 1 is 1.21 bits per heavy atom. The molecule has 6 heteroatoms. The first-order valence-corrected chi connectivity index (χ1v) is 10.8. The van der Waals surface area contributed by atoms with Crippen LogP contribution in [0, 0.1) is 0 Å². The van der Waals surface area contributed by atoms with Gasteiger partial charge in [0.2, 0.25) is 11.8 Å². The molecule has 1 fully saturated rings. The van der Waals surface area contributed by atoms with Crippen molar-refractivity contribution >= 4 is 23.2 Å². The maximum atomic E-state index is 12.4. The molecule has 1 N–H and O–H groups in total. The molecule has 2 aliphatic heterocycles. The number of amides is 2. The number of hydrogen-bond donors (Lipinski definition) is 1. The van der Waals surface area contributed by atoms with Gasteiger partial charge in [0.05, 0.1) is 18.8 Å². The van der Waals surface area contributed by atoms with Crippen LogP contribution in [-0.4, -0.2) is 43.0 Å².